The van der Waals surface area contributed by atoms with E-state index in [1.807, 2.05) is 24.9 Å². The summed E-state index contributed by atoms with van der Waals surface area (Å²) in [5, 5.41) is 9.54. The lowest BCUT2D eigenvalue weighted by Crippen LogP contribution is -2.32. The van der Waals surface area contributed by atoms with E-state index >= 15 is 0 Å². The van der Waals surface area contributed by atoms with Gasteiger partial charge in [0.2, 0.25) is 0 Å². The third kappa shape index (κ3) is 2.57. The Kier molecular flexibility index (Phi) is 3.51. The number of aliphatic hydroxyl groups excluding tert-OH is 1. The first-order valence-corrected chi connectivity index (χ1v) is 4.48. The number of pyridine rings is 1. The molecule has 0 aliphatic carbocycles. The normalized spacial score (nSPS) is 12.6. The Morgan fingerprint density at radius 3 is 2.77 bits per heavy atom. The molecule has 0 saturated carbocycles. The van der Waals surface area contributed by atoms with Gasteiger partial charge in [-0.15, -0.1) is 0 Å². The van der Waals surface area contributed by atoms with E-state index in [0.29, 0.717) is 5.02 Å². The van der Waals surface area contributed by atoms with E-state index in [1.54, 1.807) is 12.3 Å². The number of aromatic nitrogens is 1. The van der Waals surface area contributed by atoms with Crippen LogP contribution in [0.5, 0.6) is 0 Å². The van der Waals surface area contributed by atoms with Gasteiger partial charge in [0.15, 0.2) is 0 Å². The fraction of sp³-hybridized carbons (Fsp3) is 0.444. The minimum Gasteiger partial charge on any atom is -0.394 e. The number of rotatable bonds is 3. The molecule has 0 unspecified atom stereocenters. The Bertz CT molecular complexity index is 263. The monoisotopic (exact) mass is 200 g/mol. The molecule has 0 aliphatic heterocycles. The van der Waals surface area contributed by atoms with Crippen LogP contribution in [0.4, 0.5) is 5.82 Å². The summed E-state index contributed by atoms with van der Waals surface area (Å²) in [6, 6.07) is 3.67. The zero-order valence-electron chi connectivity index (χ0n) is 7.74. The Hall–Kier alpha value is -0.800. The molecule has 0 bridgehead atoms. The molecule has 1 rings (SSSR count). The highest BCUT2D eigenvalue weighted by molar-refractivity contribution is 6.30. The maximum atomic E-state index is 8.93. The molecule has 0 radical (unpaired) electrons. The average molecular weight is 201 g/mol. The van der Waals surface area contributed by atoms with Gasteiger partial charge in [0.1, 0.15) is 5.82 Å². The fourth-order valence-electron chi connectivity index (χ4n) is 0.925. The zero-order valence-corrected chi connectivity index (χ0v) is 8.49. The lowest BCUT2D eigenvalue weighted by molar-refractivity contribution is 0.270. The van der Waals surface area contributed by atoms with Crippen LogP contribution in [0.2, 0.25) is 5.02 Å². The van der Waals surface area contributed by atoms with E-state index in [4.69, 9.17) is 16.7 Å². The van der Waals surface area contributed by atoms with Crippen molar-refractivity contribution in [2.75, 3.05) is 18.6 Å². The summed E-state index contributed by atoms with van der Waals surface area (Å²) in [6.45, 7) is 2.04. The topological polar surface area (TPSA) is 36.4 Å². The SMILES string of the molecule is C[C@@H](CO)N(C)c1ccc(Cl)cn1. The van der Waals surface area contributed by atoms with Gasteiger partial charge in [0.05, 0.1) is 17.7 Å². The van der Waals surface area contributed by atoms with Gasteiger partial charge in [-0.1, -0.05) is 11.6 Å². The zero-order chi connectivity index (χ0) is 9.84. The summed E-state index contributed by atoms with van der Waals surface area (Å²) < 4.78 is 0. The number of aliphatic hydroxyl groups is 1. The molecule has 0 saturated heterocycles. The molecule has 0 spiro atoms. The summed E-state index contributed by atoms with van der Waals surface area (Å²) in [7, 11) is 1.89. The van der Waals surface area contributed by atoms with Crippen molar-refractivity contribution in [3.63, 3.8) is 0 Å². The largest absolute Gasteiger partial charge is 0.394 e. The predicted octanol–water partition coefficient (Wildman–Crippen LogP) is 1.55. The maximum absolute atomic E-state index is 8.93. The Morgan fingerprint density at radius 2 is 2.31 bits per heavy atom. The van der Waals surface area contributed by atoms with Crippen molar-refractivity contribution in [1.29, 1.82) is 0 Å². The molecule has 72 valence electrons. The third-order valence-electron chi connectivity index (χ3n) is 2.00. The summed E-state index contributed by atoms with van der Waals surface area (Å²) in [4.78, 5) is 6.03. The predicted molar refractivity (Wildman–Crippen MR) is 54.2 cm³/mol. The molecular formula is C9H13ClN2O. The molecule has 3 nitrogen and oxygen atoms in total. The van der Waals surface area contributed by atoms with Crippen LogP contribution in [0.15, 0.2) is 18.3 Å². The molecule has 1 aromatic heterocycles. The molecule has 1 aromatic rings. The van der Waals surface area contributed by atoms with Gasteiger partial charge >= 0.3 is 0 Å². The number of anilines is 1. The third-order valence-corrected chi connectivity index (χ3v) is 2.22. The van der Waals surface area contributed by atoms with Crippen LogP contribution >= 0.6 is 11.6 Å². The van der Waals surface area contributed by atoms with Crippen molar-refractivity contribution in [1.82, 2.24) is 4.98 Å². The van der Waals surface area contributed by atoms with Crippen molar-refractivity contribution in [3.05, 3.63) is 23.4 Å². The van der Waals surface area contributed by atoms with Crippen molar-refractivity contribution < 1.29 is 5.11 Å². The van der Waals surface area contributed by atoms with E-state index in [9.17, 15) is 0 Å². The highest BCUT2D eigenvalue weighted by Crippen LogP contribution is 2.14. The van der Waals surface area contributed by atoms with Gasteiger partial charge in [-0.3, -0.25) is 0 Å². The van der Waals surface area contributed by atoms with Crippen LogP contribution in [0.3, 0.4) is 0 Å². The van der Waals surface area contributed by atoms with E-state index < -0.39 is 0 Å². The molecule has 1 N–H and O–H groups in total. The minimum absolute atomic E-state index is 0.0636. The van der Waals surface area contributed by atoms with E-state index in [2.05, 4.69) is 4.98 Å². The molecule has 1 atom stereocenters. The highest BCUT2D eigenvalue weighted by atomic mass is 35.5. The van der Waals surface area contributed by atoms with Gasteiger partial charge in [0, 0.05) is 13.2 Å². The summed E-state index contributed by atoms with van der Waals surface area (Å²) in [5.41, 5.74) is 0. The lowest BCUT2D eigenvalue weighted by Gasteiger charge is -2.23. The van der Waals surface area contributed by atoms with Crippen molar-refractivity contribution in [3.8, 4) is 0 Å². The Morgan fingerprint density at radius 1 is 1.62 bits per heavy atom. The van der Waals surface area contributed by atoms with Crippen molar-refractivity contribution in [2.45, 2.75) is 13.0 Å². The van der Waals surface area contributed by atoms with Crippen LogP contribution < -0.4 is 4.90 Å². The van der Waals surface area contributed by atoms with E-state index in [0.717, 1.165) is 5.82 Å². The Balaban J connectivity index is 2.77. The quantitative estimate of drug-likeness (QED) is 0.805. The fourth-order valence-corrected chi connectivity index (χ4v) is 1.04. The van der Waals surface area contributed by atoms with Gasteiger partial charge in [-0.2, -0.15) is 0 Å². The van der Waals surface area contributed by atoms with Gasteiger partial charge < -0.3 is 10.0 Å². The smallest absolute Gasteiger partial charge is 0.128 e. The second-order valence-electron chi connectivity index (χ2n) is 2.98. The second-order valence-corrected chi connectivity index (χ2v) is 3.41. The average Bonchev–Trinajstić information content (AvgIpc) is 2.17. The number of halogens is 1. The second kappa shape index (κ2) is 4.44. The summed E-state index contributed by atoms with van der Waals surface area (Å²) in [6.07, 6.45) is 1.59. The lowest BCUT2D eigenvalue weighted by atomic mass is 10.3. The summed E-state index contributed by atoms with van der Waals surface area (Å²) >= 11 is 5.70. The van der Waals surface area contributed by atoms with Gasteiger partial charge in [-0.25, -0.2) is 4.98 Å². The summed E-state index contributed by atoms with van der Waals surface area (Å²) in [5.74, 6) is 0.811. The van der Waals surface area contributed by atoms with Crippen LogP contribution in [0.25, 0.3) is 0 Å². The number of hydrogen-bond acceptors (Lipinski definition) is 3. The molecule has 13 heavy (non-hydrogen) atoms. The first-order valence-electron chi connectivity index (χ1n) is 4.10. The molecule has 4 heteroatoms. The standard InChI is InChI=1S/C9H13ClN2O/c1-7(6-13)12(2)9-4-3-8(10)5-11-9/h3-5,7,13H,6H2,1-2H3/t7-/m0/s1. The van der Waals surface area contributed by atoms with Gasteiger partial charge in [0.25, 0.3) is 0 Å². The van der Waals surface area contributed by atoms with Gasteiger partial charge in [-0.05, 0) is 19.1 Å². The number of nitrogens with zero attached hydrogens (tertiary/aromatic N) is 2. The Labute approximate surface area is 83.0 Å². The van der Waals surface area contributed by atoms with Crippen molar-refractivity contribution >= 4 is 17.4 Å². The highest BCUT2D eigenvalue weighted by Gasteiger charge is 2.08. The van der Waals surface area contributed by atoms with E-state index in [1.165, 1.54) is 0 Å². The number of likely N-dealkylation sites (N-methyl/N-ethyl adjacent to an activating group) is 1. The van der Waals surface area contributed by atoms with Crippen molar-refractivity contribution in [2.24, 2.45) is 0 Å². The maximum Gasteiger partial charge on any atom is 0.128 e. The first-order chi connectivity index (χ1) is 6.15. The molecule has 0 aliphatic rings. The minimum atomic E-state index is 0.0636. The van der Waals surface area contributed by atoms with Crippen LogP contribution in [-0.4, -0.2) is 29.8 Å². The number of hydrogen-bond donors (Lipinski definition) is 1. The molecule has 0 amide bonds. The molecular weight excluding hydrogens is 188 g/mol. The molecule has 1 heterocycles. The van der Waals surface area contributed by atoms with Crippen LogP contribution in [-0.2, 0) is 0 Å². The molecule has 0 aromatic carbocycles. The van der Waals surface area contributed by atoms with Crippen LogP contribution in [0, 0.1) is 0 Å². The molecule has 0 fully saturated rings. The first kappa shape index (κ1) is 10.3. The van der Waals surface area contributed by atoms with Crippen LogP contribution in [0.1, 0.15) is 6.92 Å². The van der Waals surface area contributed by atoms with E-state index in [-0.39, 0.29) is 12.6 Å².